The number of aromatic nitrogens is 2. The Morgan fingerprint density at radius 3 is 2.62 bits per heavy atom. The molecule has 0 atom stereocenters. The molecule has 0 aliphatic heterocycles. The van der Waals surface area contributed by atoms with E-state index in [0.717, 1.165) is 17.6 Å². The van der Waals surface area contributed by atoms with Crippen LogP contribution >= 0.6 is 0 Å². The summed E-state index contributed by atoms with van der Waals surface area (Å²) in [5.74, 6) is -1.67. The highest BCUT2D eigenvalue weighted by Crippen LogP contribution is 2.18. The molecule has 0 saturated carbocycles. The molecule has 2 aromatic heterocycles. The second kappa shape index (κ2) is 5.20. The fourth-order valence-electron chi connectivity index (χ4n) is 1.89. The topological polar surface area (TPSA) is 58.4 Å². The number of carbonyl (C=O) groups is 1. The van der Waals surface area contributed by atoms with E-state index in [0.29, 0.717) is 5.69 Å². The van der Waals surface area contributed by atoms with Gasteiger partial charge in [0.05, 0.1) is 5.52 Å². The van der Waals surface area contributed by atoms with Crippen molar-refractivity contribution in [2.24, 2.45) is 0 Å². The monoisotopic (exact) mass is 288 g/mol. The average molecular weight is 288 g/mol. The van der Waals surface area contributed by atoms with Gasteiger partial charge in [0.2, 0.25) is 0 Å². The molecular weight excluding hydrogens is 278 g/mol. The summed E-state index contributed by atoms with van der Waals surface area (Å²) in [5, 5.41) is 8.67. The van der Waals surface area contributed by atoms with Crippen molar-refractivity contribution in [1.82, 2.24) is 9.61 Å². The van der Waals surface area contributed by atoms with Crippen LogP contribution in [-0.2, 0) is 0 Å². The van der Waals surface area contributed by atoms with Crippen LogP contribution in [0.4, 0.5) is 25.0 Å². The van der Waals surface area contributed by atoms with Gasteiger partial charge in [0, 0.05) is 18.1 Å². The minimum absolute atomic E-state index is 0.484. The van der Waals surface area contributed by atoms with E-state index >= 15 is 0 Å². The zero-order valence-electron chi connectivity index (χ0n) is 10.7. The number of fused-ring (bicyclic) bond motifs is 1. The van der Waals surface area contributed by atoms with Crippen LogP contribution in [-0.4, -0.2) is 15.6 Å². The Hall–Kier alpha value is -2.96. The summed E-state index contributed by atoms with van der Waals surface area (Å²) in [6.07, 6.45) is 3.28. The van der Waals surface area contributed by atoms with Crippen molar-refractivity contribution < 1.29 is 13.6 Å². The molecular formula is C14H10F2N4O. The maximum Gasteiger partial charge on any atom is 0.323 e. The number of anilines is 2. The third-order valence-electron chi connectivity index (χ3n) is 2.86. The van der Waals surface area contributed by atoms with Crippen molar-refractivity contribution in [2.75, 3.05) is 10.6 Å². The van der Waals surface area contributed by atoms with Gasteiger partial charge in [-0.25, -0.2) is 18.1 Å². The molecule has 1 aromatic carbocycles. The van der Waals surface area contributed by atoms with Gasteiger partial charge in [-0.2, -0.15) is 5.10 Å². The number of urea groups is 1. The maximum absolute atomic E-state index is 13.4. The number of hydrogen-bond acceptors (Lipinski definition) is 2. The molecule has 106 valence electrons. The van der Waals surface area contributed by atoms with Gasteiger partial charge in [0.15, 0.2) is 0 Å². The van der Waals surface area contributed by atoms with Crippen molar-refractivity contribution in [1.29, 1.82) is 0 Å². The number of amides is 2. The summed E-state index contributed by atoms with van der Waals surface area (Å²) < 4.78 is 28.5. The van der Waals surface area contributed by atoms with Crippen molar-refractivity contribution >= 4 is 22.9 Å². The van der Waals surface area contributed by atoms with Gasteiger partial charge in [-0.15, -0.1) is 0 Å². The molecule has 3 aromatic rings. The molecule has 2 amide bonds. The lowest BCUT2D eigenvalue weighted by Crippen LogP contribution is -2.21. The summed E-state index contributed by atoms with van der Waals surface area (Å²) in [4.78, 5) is 11.8. The molecule has 0 aliphatic carbocycles. The number of rotatable bonds is 2. The third-order valence-corrected chi connectivity index (χ3v) is 2.86. The molecule has 3 rings (SSSR count). The lowest BCUT2D eigenvalue weighted by atomic mass is 10.3. The van der Waals surface area contributed by atoms with E-state index in [1.165, 1.54) is 6.07 Å². The van der Waals surface area contributed by atoms with Crippen LogP contribution in [0, 0.1) is 11.6 Å². The highest BCUT2D eigenvalue weighted by molar-refractivity contribution is 6.00. The lowest BCUT2D eigenvalue weighted by Gasteiger charge is -2.09. The van der Waals surface area contributed by atoms with Gasteiger partial charge in [-0.05, 0) is 30.3 Å². The zero-order chi connectivity index (χ0) is 14.8. The highest BCUT2D eigenvalue weighted by atomic mass is 19.1. The molecule has 0 unspecified atom stereocenters. The quantitative estimate of drug-likeness (QED) is 0.760. The maximum atomic E-state index is 13.4. The van der Waals surface area contributed by atoms with Gasteiger partial charge >= 0.3 is 6.03 Å². The van der Waals surface area contributed by atoms with Crippen LogP contribution in [0.25, 0.3) is 5.52 Å². The normalized spacial score (nSPS) is 10.6. The molecule has 2 heterocycles. The van der Waals surface area contributed by atoms with Crippen molar-refractivity contribution in [3.8, 4) is 0 Å². The van der Waals surface area contributed by atoms with Crippen LogP contribution in [0.2, 0.25) is 0 Å². The number of hydrogen-bond donors (Lipinski definition) is 2. The Bertz CT molecular complexity index is 795. The molecule has 0 spiro atoms. The van der Waals surface area contributed by atoms with E-state index < -0.39 is 23.4 Å². The molecule has 0 saturated heterocycles. The molecule has 5 nitrogen and oxygen atoms in total. The molecule has 21 heavy (non-hydrogen) atoms. The summed E-state index contributed by atoms with van der Waals surface area (Å²) in [6, 6.07) is 7.69. The summed E-state index contributed by atoms with van der Waals surface area (Å²) in [6.45, 7) is 0. The van der Waals surface area contributed by atoms with Crippen LogP contribution in [0.5, 0.6) is 0 Å². The third kappa shape index (κ3) is 2.66. The first-order valence-corrected chi connectivity index (χ1v) is 6.09. The molecule has 0 aliphatic rings. The van der Waals surface area contributed by atoms with Crippen LogP contribution in [0.15, 0.2) is 48.8 Å². The second-order valence-corrected chi connectivity index (χ2v) is 4.29. The van der Waals surface area contributed by atoms with E-state index in [-0.39, 0.29) is 0 Å². The van der Waals surface area contributed by atoms with Crippen molar-refractivity contribution in [3.63, 3.8) is 0 Å². The standard InChI is InChI=1S/C14H10F2N4O/c15-11-2-1-3-12(16)13(11)19-14(21)18-9-5-7-20-10(8-9)4-6-17-20/h1-8H,(H2,18,19,21). The van der Waals surface area contributed by atoms with E-state index in [2.05, 4.69) is 15.7 Å². The summed E-state index contributed by atoms with van der Waals surface area (Å²) in [5.41, 5.74) is 0.780. The lowest BCUT2D eigenvalue weighted by molar-refractivity contribution is 0.262. The van der Waals surface area contributed by atoms with E-state index in [1.807, 2.05) is 0 Å². The van der Waals surface area contributed by atoms with E-state index in [1.54, 1.807) is 35.1 Å². The number of para-hydroxylation sites is 1. The molecule has 0 radical (unpaired) electrons. The predicted octanol–water partition coefficient (Wildman–Crippen LogP) is 3.26. The number of nitrogens with one attached hydrogen (secondary N) is 2. The first-order chi connectivity index (χ1) is 10.1. The van der Waals surface area contributed by atoms with Crippen LogP contribution < -0.4 is 10.6 Å². The molecule has 0 bridgehead atoms. The Labute approximate surface area is 118 Å². The summed E-state index contributed by atoms with van der Waals surface area (Å²) >= 11 is 0. The molecule has 7 heteroatoms. The SMILES string of the molecule is O=C(Nc1ccn2nccc2c1)Nc1c(F)cccc1F. The number of halogens is 2. The minimum Gasteiger partial charge on any atom is -0.308 e. The van der Waals surface area contributed by atoms with Gasteiger partial charge in [0.25, 0.3) is 0 Å². The molecule has 2 N–H and O–H groups in total. The van der Waals surface area contributed by atoms with Gasteiger partial charge in [-0.1, -0.05) is 6.07 Å². The average Bonchev–Trinajstić information content (AvgIpc) is 2.90. The zero-order valence-corrected chi connectivity index (χ0v) is 10.7. The molecule has 0 fully saturated rings. The van der Waals surface area contributed by atoms with Gasteiger partial charge in [-0.3, -0.25) is 0 Å². The minimum atomic E-state index is -0.837. The number of benzene rings is 1. The van der Waals surface area contributed by atoms with E-state index in [4.69, 9.17) is 0 Å². The number of nitrogens with zero attached hydrogens (tertiary/aromatic N) is 2. The van der Waals surface area contributed by atoms with Crippen molar-refractivity contribution in [3.05, 3.63) is 60.4 Å². The Balaban J connectivity index is 1.77. The number of pyridine rings is 1. The highest BCUT2D eigenvalue weighted by Gasteiger charge is 2.11. The Kier molecular flexibility index (Phi) is 3.23. The van der Waals surface area contributed by atoms with Crippen molar-refractivity contribution in [2.45, 2.75) is 0 Å². The number of carbonyl (C=O) groups excluding carboxylic acids is 1. The largest absolute Gasteiger partial charge is 0.323 e. The van der Waals surface area contributed by atoms with Gasteiger partial charge < -0.3 is 10.6 Å². The summed E-state index contributed by atoms with van der Waals surface area (Å²) in [7, 11) is 0. The van der Waals surface area contributed by atoms with Crippen LogP contribution in [0.1, 0.15) is 0 Å². The fourth-order valence-corrected chi connectivity index (χ4v) is 1.89. The first kappa shape index (κ1) is 13.0. The van der Waals surface area contributed by atoms with Crippen LogP contribution in [0.3, 0.4) is 0 Å². The first-order valence-electron chi connectivity index (χ1n) is 6.09. The van der Waals surface area contributed by atoms with E-state index in [9.17, 15) is 13.6 Å². The second-order valence-electron chi connectivity index (χ2n) is 4.29. The fraction of sp³-hybridized carbons (Fsp3) is 0. The smallest absolute Gasteiger partial charge is 0.308 e. The van der Waals surface area contributed by atoms with Gasteiger partial charge in [0.1, 0.15) is 17.3 Å². The predicted molar refractivity (Wildman–Crippen MR) is 74.2 cm³/mol. The Morgan fingerprint density at radius 2 is 1.86 bits per heavy atom. The Morgan fingerprint density at radius 1 is 1.10 bits per heavy atom.